The van der Waals surface area contributed by atoms with Gasteiger partial charge in [-0.15, -0.1) is 0 Å². The van der Waals surface area contributed by atoms with Gasteiger partial charge in [0.15, 0.2) is 20.4 Å². The van der Waals surface area contributed by atoms with E-state index in [1.54, 1.807) is 0 Å². The van der Waals surface area contributed by atoms with Crippen molar-refractivity contribution in [2.24, 2.45) is 5.92 Å². The minimum Gasteiger partial charge on any atom is -0.414 e. The Morgan fingerprint density at radius 1 is 1.13 bits per heavy atom. The summed E-state index contributed by atoms with van der Waals surface area (Å²) in [7, 11) is -1.96. The number of fused-ring (bicyclic) bond motifs is 1. The molecule has 3 rings (SSSR count). The molecule has 5 atom stereocenters. The van der Waals surface area contributed by atoms with E-state index in [9.17, 15) is 5.11 Å². The van der Waals surface area contributed by atoms with Gasteiger partial charge >= 0.3 is 0 Å². The Hall–Kier alpha value is -0.803. The lowest BCUT2D eigenvalue weighted by Crippen LogP contribution is -2.46. The van der Waals surface area contributed by atoms with Gasteiger partial charge in [-0.05, 0) is 44.0 Å². The Kier molecular flexibility index (Phi) is 7.68. The van der Waals surface area contributed by atoms with Crippen molar-refractivity contribution in [2.75, 3.05) is 13.2 Å². The lowest BCUT2D eigenvalue weighted by atomic mass is 9.92. The van der Waals surface area contributed by atoms with Crippen molar-refractivity contribution in [3.8, 4) is 0 Å². The number of hydrogen-bond donors (Lipinski definition) is 1. The third kappa shape index (κ3) is 6.16. The second-order valence-corrected chi connectivity index (χ2v) is 15.5. The van der Waals surface area contributed by atoms with E-state index in [1.807, 2.05) is 32.0 Å². The fourth-order valence-corrected chi connectivity index (χ4v) is 4.91. The molecule has 2 aliphatic heterocycles. The SMILES string of the molecule is CC1(C)O[C@H]2O[C@H]([C@H](O)CO[Si](C)(C)C(C)(C)C)[C@@H](CCOCc3ccccc3)[C@H]2O1. The van der Waals surface area contributed by atoms with E-state index < -0.39 is 32.6 Å². The lowest BCUT2D eigenvalue weighted by Gasteiger charge is -2.37. The minimum atomic E-state index is -1.96. The van der Waals surface area contributed by atoms with Gasteiger partial charge in [-0.2, -0.15) is 0 Å². The number of rotatable bonds is 9. The molecule has 6 nitrogen and oxygen atoms in total. The normalized spacial score (nSPS) is 29.2. The maximum absolute atomic E-state index is 11.0. The summed E-state index contributed by atoms with van der Waals surface area (Å²) in [5, 5.41) is 11.1. The van der Waals surface area contributed by atoms with Gasteiger partial charge in [0.2, 0.25) is 0 Å². The van der Waals surface area contributed by atoms with Crippen molar-refractivity contribution in [2.45, 2.75) is 96.2 Å². The molecule has 2 heterocycles. The highest BCUT2D eigenvalue weighted by Crippen LogP contribution is 2.43. The third-order valence-electron chi connectivity index (χ3n) is 6.73. The molecule has 0 aromatic heterocycles. The van der Waals surface area contributed by atoms with Crippen molar-refractivity contribution >= 4 is 8.32 Å². The van der Waals surface area contributed by atoms with Gasteiger partial charge in [-0.25, -0.2) is 0 Å². The zero-order valence-electron chi connectivity index (χ0n) is 20.1. The number of hydrogen-bond acceptors (Lipinski definition) is 6. The molecule has 0 unspecified atom stereocenters. The molecule has 0 amide bonds. The van der Waals surface area contributed by atoms with E-state index in [1.165, 1.54) is 0 Å². The van der Waals surface area contributed by atoms with Crippen LogP contribution in [0.4, 0.5) is 0 Å². The smallest absolute Gasteiger partial charge is 0.192 e. The van der Waals surface area contributed by atoms with Crippen LogP contribution in [0, 0.1) is 5.92 Å². The van der Waals surface area contributed by atoms with Crippen LogP contribution < -0.4 is 0 Å². The molecule has 1 aromatic rings. The Morgan fingerprint density at radius 3 is 2.45 bits per heavy atom. The van der Waals surface area contributed by atoms with E-state index in [4.69, 9.17) is 23.4 Å². The van der Waals surface area contributed by atoms with Crippen molar-refractivity contribution in [3.05, 3.63) is 35.9 Å². The first-order chi connectivity index (χ1) is 14.4. The topological polar surface area (TPSA) is 66.4 Å². The fourth-order valence-electron chi connectivity index (χ4n) is 3.89. The van der Waals surface area contributed by atoms with Gasteiger partial charge in [0.05, 0.1) is 19.3 Å². The van der Waals surface area contributed by atoms with Gasteiger partial charge in [-0.1, -0.05) is 51.1 Å². The second kappa shape index (κ2) is 9.59. The molecular formula is C24H40O6Si. The molecule has 0 saturated carbocycles. The van der Waals surface area contributed by atoms with E-state index in [0.717, 1.165) is 12.0 Å². The van der Waals surface area contributed by atoms with Gasteiger partial charge in [0.1, 0.15) is 12.2 Å². The Morgan fingerprint density at radius 2 is 1.81 bits per heavy atom. The van der Waals surface area contributed by atoms with Gasteiger partial charge in [0, 0.05) is 12.5 Å². The summed E-state index contributed by atoms with van der Waals surface area (Å²) >= 11 is 0. The van der Waals surface area contributed by atoms with Crippen molar-refractivity contribution in [1.82, 2.24) is 0 Å². The van der Waals surface area contributed by atoms with Gasteiger partial charge < -0.3 is 28.5 Å². The quantitative estimate of drug-likeness (QED) is 0.440. The predicted octanol–water partition coefficient (Wildman–Crippen LogP) is 4.47. The molecule has 2 fully saturated rings. The number of aliphatic hydroxyl groups excluding tert-OH is 1. The third-order valence-corrected chi connectivity index (χ3v) is 11.2. The Labute approximate surface area is 188 Å². The molecule has 2 saturated heterocycles. The minimum absolute atomic E-state index is 0.0273. The summed E-state index contributed by atoms with van der Waals surface area (Å²) in [6.45, 7) is 16.1. The van der Waals surface area contributed by atoms with Crippen LogP contribution in [-0.4, -0.2) is 57.0 Å². The molecule has 0 spiro atoms. The Balaban J connectivity index is 1.59. The van der Waals surface area contributed by atoms with E-state index in [2.05, 4.69) is 46.0 Å². The van der Waals surface area contributed by atoms with Crippen LogP contribution in [-0.2, 0) is 30.0 Å². The molecule has 0 bridgehead atoms. The maximum atomic E-state index is 11.0. The largest absolute Gasteiger partial charge is 0.414 e. The van der Waals surface area contributed by atoms with Crippen LogP contribution in [0.3, 0.4) is 0 Å². The van der Waals surface area contributed by atoms with Crippen molar-refractivity contribution in [3.63, 3.8) is 0 Å². The summed E-state index contributed by atoms with van der Waals surface area (Å²) < 4.78 is 30.4. The van der Waals surface area contributed by atoms with E-state index >= 15 is 0 Å². The molecule has 0 radical (unpaired) electrons. The van der Waals surface area contributed by atoms with Crippen molar-refractivity contribution < 1.29 is 28.5 Å². The summed E-state index contributed by atoms with van der Waals surface area (Å²) in [5.41, 5.74) is 1.14. The maximum Gasteiger partial charge on any atom is 0.192 e. The average Bonchev–Trinajstić information content (AvgIpc) is 3.15. The summed E-state index contributed by atoms with van der Waals surface area (Å²) in [4.78, 5) is 0. The molecule has 1 N–H and O–H groups in total. The highest BCUT2D eigenvalue weighted by molar-refractivity contribution is 6.74. The first-order valence-electron chi connectivity index (χ1n) is 11.3. The van der Waals surface area contributed by atoms with Crippen LogP contribution in [0.25, 0.3) is 0 Å². The zero-order valence-corrected chi connectivity index (χ0v) is 21.1. The van der Waals surface area contributed by atoms with Gasteiger partial charge in [-0.3, -0.25) is 0 Å². The molecule has 7 heteroatoms. The zero-order chi connectivity index (χ0) is 22.9. The summed E-state index contributed by atoms with van der Waals surface area (Å²) in [6.07, 6.45) is -1.12. The monoisotopic (exact) mass is 452 g/mol. The molecule has 0 aliphatic carbocycles. The van der Waals surface area contributed by atoms with E-state index in [0.29, 0.717) is 13.2 Å². The Bertz CT molecular complexity index is 702. The standard InChI is InChI=1S/C24H40O6Si/c1-23(2,3)31(6,7)27-16-19(25)20-18(21-22(28-20)30-24(4,5)29-21)13-14-26-15-17-11-9-8-10-12-17/h8-12,18-22,25H,13-16H2,1-7H3/t18-,19-,20+,21-,22-/m1/s1. The molecule has 176 valence electrons. The van der Waals surface area contributed by atoms with Crippen LogP contribution in [0.5, 0.6) is 0 Å². The highest BCUT2D eigenvalue weighted by Gasteiger charge is 2.56. The second-order valence-electron chi connectivity index (χ2n) is 10.7. The van der Waals surface area contributed by atoms with Crippen LogP contribution in [0.15, 0.2) is 30.3 Å². The molecule has 31 heavy (non-hydrogen) atoms. The van der Waals surface area contributed by atoms with Crippen LogP contribution in [0.1, 0.15) is 46.6 Å². The predicted molar refractivity (Wildman–Crippen MR) is 122 cm³/mol. The summed E-state index contributed by atoms with van der Waals surface area (Å²) in [6, 6.07) is 10.1. The molecular weight excluding hydrogens is 412 g/mol. The lowest BCUT2D eigenvalue weighted by molar-refractivity contribution is -0.222. The number of aliphatic hydroxyl groups is 1. The fraction of sp³-hybridized carbons (Fsp3) is 0.750. The first-order valence-corrected chi connectivity index (χ1v) is 14.3. The average molecular weight is 453 g/mol. The van der Waals surface area contributed by atoms with Crippen LogP contribution in [0.2, 0.25) is 18.1 Å². The number of ether oxygens (including phenoxy) is 4. The van der Waals surface area contributed by atoms with Crippen LogP contribution >= 0.6 is 0 Å². The first kappa shape index (κ1) is 24.8. The summed E-state index contributed by atoms with van der Waals surface area (Å²) in [5.74, 6) is -0.716. The van der Waals surface area contributed by atoms with Gasteiger partial charge in [0.25, 0.3) is 0 Å². The van der Waals surface area contributed by atoms with E-state index in [-0.39, 0.29) is 23.7 Å². The number of benzene rings is 1. The highest BCUT2D eigenvalue weighted by atomic mass is 28.4. The van der Waals surface area contributed by atoms with Crippen molar-refractivity contribution in [1.29, 1.82) is 0 Å². The molecule has 2 aliphatic rings. The molecule has 1 aromatic carbocycles.